The van der Waals surface area contributed by atoms with Crippen LogP contribution in [0.25, 0.3) is 0 Å². The Morgan fingerprint density at radius 1 is 1.12 bits per heavy atom. The zero-order valence-electron chi connectivity index (χ0n) is 18.2. The molecule has 3 aliphatic heterocycles. The Hall–Kier alpha value is -3.79. The lowest BCUT2D eigenvalue weighted by atomic mass is 9.76. The number of non-ortho nitro benzene ring substituents is 1. The van der Waals surface area contributed by atoms with Gasteiger partial charge in [-0.05, 0) is 18.1 Å². The van der Waals surface area contributed by atoms with Gasteiger partial charge in [-0.15, -0.1) is 0 Å². The number of nitrogens with one attached hydrogen (secondary N) is 2. The highest BCUT2D eigenvalue weighted by molar-refractivity contribution is 6.26. The van der Waals surface area contributed by atoms with E-state index in [9.17, 15) is 24.5 Å². The largest absolute Gasteiger partial charge is 0.495 e. The molecule has 3 aliphatic rings. The third-order valence-electron chi connectivity index (χ3n) is 6.89. The molecule has 4 atom stereocenters. The number of fused-ring (bicyclic) bond motifs is 4. The highest BCUT2D eigenvalue weighted by Gasteiger charge is 2.71. The molecule has 1 spiro atoms. The maximum absolute atomic E-state index is 13.9. The highest BCUT2D eigenvalue weighted by Crippen LogP contribution is 2.55. The average Bonchev–Trinajstić information content (AvgIpc) is 3.38. The van der Waals surface area contributed by atoms with Gasteiger partial charge in [0.1, 0.15) is 17.0 Å². The summed E-state index contributed by atoms with van der Waals surface area (Å²) in [7, 11) is 1.36. The molecule has 10 heteroatoms. The molecule has 0 radical (unpaired) electrons. The van der Waals surface area contributed by atoms with Crippen molar-refractivity contribution in [3.8, 4) is 5.75 Å². The number of hydrogen-bond donors (Lipinski definition) is 2. The summed E-state index contributed by atoms with van der Waals surface area (Å²) in [5, 5.41) is 17.6. The van der Waals surface area contributed by atoms with E-state index in [0.29, 0.717) is 11.3 Å². The van der Waals surface area contributed by atoms with Gasteiger partial charge in [-0.2, -0.15) is 0 Å². The van der Waals surface area contributed by atoms with Gasteiger partial charge >= 0.3 is 0 Å². The molecular formula is C23H22N4O6. The van der Waals surface area contributed by atoms with Gasteiger partial charge in [-0.3, -0.25) is 29.8 Å². The summed E-state index contributed by atoms with van der Waals surface area (Å²) >= 11 is 0. The first kappa shape index (κ1) is 21.1. The average molecular weight is 450 g/mol. The number of nitro groups is 1. The lowest BCUT2D eigenvalue weighted by Gasteiger charge is -2.30. The Bertz CT molecular complexity index is 1230. The quantitative estimate of drug-likeness (QED) is 0.415. The molecule has 33 heavy (non-hydrogen) atoms. The van der Waals surface area contributed by atoms with Gasteiger partial charge < -0.3 is 10.1 Å². The van der Waals surface area contributed by atoms with E-state index in [4.69, 9.17) is 4.74 Å². The monoisotopic (exact) mass is 450 g/mol. The number of anilines is 2. The number of methoxy groups -OCH3 is 1. The molecule has 170 valence electrons. The van der Waals surface area contributed by atoms with E-state index in [1.54, 1.807) is 24.3 Å². The molecule has 0 aromatic heterocycles. The molecule has 3 heterocycles. The van der Waals surface area contributed by atoms with Crippen molar-refractivity contribution >= 4 is 34.8 Å². The highest BCUT2D eigenvalue weighted by atomic mass is 16.6. The second-order valence-electron chi connectivity index (χ2n) is 8.85. The standard InChI is InChI=1S/C23H22N4O6/c1-11(2)19-17-18(23(25-19)13-6-4-5-7-14(13)24-22(23)30)21(29)26(20(17)28)15-10-12(27(31)32)8-9-16(15)33-3/h4-11,17-19,25H,1-3H3,(H,24,30)/t17-,18+,19+,23+/m1/s1. The van der Waals surface area contributed by atoms with E-state index in [1.165, 1.54) is 19.2 Å². The minimum atomic E-state index is -1.41. The van der Waals surface area contributed by atoms with E-state index in [1.807, 2.05) is 13.8 Å². The number of carbonyl (C=O) groups excluding carboxylic acids is 3. The van der Waals surface area contributed by atoms with Crippen LogP contribution in [0.5, 0.6) is 5.75 Å². The first-order chi connectivity index (χ1) is 15.7. The van der Waals surface area contributed by atoms with Crippen molar-refractivity contribution in [3.63, 3.8) is 0 Å². The first-order valence-corrected chi connectivity index (χ1v) is 10.6. The molecule has 2 saturated heterocycles. The number of ether oxygens (including phenoxy) is 1. The van der Waals surface area contributed by atoms with Gasteiger partial charge in [0.15, 0.2) is 0 Å². The smallest absolute Gasteiger partial charge is 0.271 e. The predicted octanol–water partition coefficient (Wildman–Crippen LogP) is 2.18. The molecule has 2 aromatic rings. The molecule has 5 rings (SSSR count). The van der Waals surface area contributed by atoms with Gasteiger partial charge in [0.05, 0.1) is 23.9 Å². The third-order valence-corrected chi connectivity index (χ3v) is 6.89. The number of nitro benzene ring substituents is 1. The second-order valence-corrected chi connectivity index (χ2v) is 8.85. The molecule has 0 aliphatic carbocycles. The summed E-state index contributed by atoms with van der Waals surface area (Å²) in [6, 6.07) is 10.4. The summed E-state index contributed by atoms with van der Waals surface area (Å²) in [5.74, 6) is -3.24. The fourth-order valence-electron chi connectivity index (χ4n) is 5.47. The summed E-state index contributed by atoms with van der Waals surface area (Å²) in [4.78, 5) is 52.7. The van der Waals surface area contributed by atoms with Gasteiger partial charge in [-0.25, -0.2) is 4.90 Å². The number of rotatable bonds is 4. The van der Waals surface area contributed by atoms with Gasteiger partial charge in [-0.1, -0.05) is 32.0 Å². The van der Waals surface area contributed by atoms with E-state index >= 15 is 0 Å². The summed E-state index contributed by atoms with van der Waals surface area (Å²) in [6.07, 6.45) is 0. The van der Waals surface area contributed by atoms with Crippen molar-refractivity contribution in [2.75, 3.05) is 17.3 Å². The van der Waals surface area contributed by atoms with Crippen LogP contribution in [0.1, 0.15) is 19.4 Å². The number of carbonyl (C=O) groups is 3. The van der Waals surface area contributed by atoms with Crippen molar-refractivity contribution in [1.82, 2.24) is 5.32 Å². The maximum atomic E-state index is 13.9. The molecule has 3 amide bonds. The zero-order chi connectivity index (χ0) is 23.7. The van der Waals surface area contributed by atoms with Crippen molar-refractivity contribution in [1.29, 1.82) is 0 Å². The number of para-hydroxylation sites is 1. The van der Waals surface area contributed by atoms with Crippen LogP contribution in [0.2, 0.25) is 0 Å². The van der Waals surface area contributed by atoms with Crippen LogP contribution in [-0.4, -0.2) is 35.8 Å². The minimum absolute atomic E-state index is 0.000413. The number of benzene rings is 2. The van der Waals surface area contributed by atoms with E-state index < -0.39 is 46.1 Å². The molecule has 10 nitrogen and oxygen atoms in total. The molecule has 0 bridgehead atoms. The first-order valence-electron chi connectivity index (χ1n) is 10.6. The number of nitrogens with zero attached hydrogens (tertiary/aromatic N) is 2. The van der Waals surface area contributed by atoms with Crippen LogP contribution in [0.15, 0.2) is 42.5 Å². The van der Waals surface area contributed by atoms with Gasteiger partial charge in [0, 0.05) is 29.4 Å². The van der Waals surface area contributed by atoms with Crippen LogP contribution in [0.4, 0.5) is 17.1 Å². The Labute approximate surface area is 189 Å². The lowest BCUT2D eigenvalue weighted by Crippen LogP contribution is -2.54. The van der Waals surface area contributed by atoms with E-state index in [2.05, 4.69) is 10.6 Å². The second kappa shape index (κ2) is 7.11. The SMILES string of the molecule is COc1ccc([N+](=O)[O-])cc1N1C(=O)[C@@H]2[C@@H](C1=O)[C@]1(N[C@H]2C(C)C)C(=O)Nc2ccccc21. The van der Waals surface area contributed by atoms with Crippen LogP contribution < -0.4 is 20.3 Å². The molecule has 0 saturated carbocycles. The Morgan fingerprint density at radius 3 is 2.52 bits per heavy atom. The molecule has 2 aromatic carbocycles. The molecular weight excluding hydrogens is 428 g/mol. The van der Waals surface area contributed by atoms with Gasteiger partial charge in [0.2, 0.25) is 17.7 Å². The minimum Gasteiger partial charge on any atom is -0.495 e. The molecule has 2 fully saturated rings. The van der Waals surface area contributed by atoms with Crippen molar-refractivity contribution in [2.45, 2.75) is 25.4 Å². The Morgan fingerprint density at radius 2 is 1.85 bits per heavy atom. The fourth-order valence-corrected chi connectivity index (χ4v) is 5.47. The normalized spacial score (nSPS) is 27.8. The van der Waals surface area contributed by atoms with Crippen molar-refractivity contribution < 1.29 is 24.0 Å². The van der Waals surface area contributed by atoms with Crippen LogP contribution in [-0.2, 0) is 19.9 Å². The van der Waals surface area contributed by atoms with Gasteiger partial charge in [0.25, 0.3) is 5.69 Å². The third kappa shape index (κ3) is 2.67. The number of hydrogen-bond acceptors (Lipinski definition) is 7. The summed E-state index contributed by atoms with van der Waals surface area (Å²) < 4.78 is 5.32. The predicted molar refractivity (Wildman–Crippen MR) is 118 cm³/mol. The number of amides is 3. The van der Waals surface area contributed by atoms with Crippen LogP contribution in [0.3, 0.4) is 0 Å². The summed E-state index contributed by atoms with van der Waals surface area (Å²) in [6.45, 7) is 3.84. The van der Waals surface area contributed by atoms with Crippen molar-refractivity contribution in [2.24, 2.45) is 17.8 Å². The van der Waals surface area contributed by atoms with E-state index in [-0.39, 0.29) is 23.0 Å². The Kier molecular flexibility index (Phi) is 4.54. The topological polar surface area (TPSA) is 131 Å². The molecule has 2 N–H and O–H groups in total. The summed E-state index contributed by atoms with van der Waals surface area (Å²) in [5.41, 5.74) is -0.487. The zero-order valence-corrected chi connectivity index (χ0v) is 18.2. The maximum Gasteiger partial charge on any atom is 0.271 e. The van der Waals surface area contributed by atoms with Crippen molar-refractivity contribution in [3.05, 3.63) is 58.1 Å². The van der Waals surface area contributed by atoms with Crippen LogP contribution in [0, 0.1) is 27.9 Å². The molecule has 0 unspecified atom stereocenters. The number of imide groups is 1. The fraction of sp³-hybridized carbons (Fsp3) is 0.348. The Balaban J connectivity index is 1.70. The van der Waals surface area contributed by atoms with E-state index in [0.717, 1.165) is 11.0 Å². The lowest BCUT2D eigenvalue weighted by molar-refractivity contribution is -0.384. The van der Waals surface area contributed by atoms with Crippen LogP contribution >= 0.6 is 0 Å².